The predicted octanol–water partition coefficient (Wildman–Crippen LogP) is 4.03. The Hall–Kier alpha value is -1.10. The van der Waals surface area contributed by atoms with Gasteiger partial charge in [-0.2, -0.15) is 0 Å². The van der Waals surface area contributed by atoms with Crippen LogP contribution in [-0.2, 0) is 16.7 Å². The van der Waals surface area contributed by atoms with E-state index in [1.165, 1.54) is 0 Å². The molecule has 3 N–H and O–H groups in total. The number of guanidine groups is 1. The van der Waals surface area contributed by atoms with Gasteiger partial charge in [0, 0.05) is 30.4 Å². The van der Waals surface area contributed by atoms with Gasteiger partial charge < -0.3 is 20.7 Å². The number of rotatable bonds is 7. The van der Waals surface area contributed by atoms with E-state index in [0.717, 1.165) is 29.6 Å². The number of aliphatic imine (C=N–C) groups is 1. The van der Waals surface area contributed by atoms with Gasteiger partial charge >= 0.3 is 6.09 Å². The Bertz CT molecular complexity index is 621. The third-order valence-electron chi connectivity index (χ3n) is 3.35. The van der Waals surface area contributed by atoms with E-state index >= 15 is 0 Å². The molecule has 0 fully saturated rings. The lowest BCUT2D eigenvalue weighted by Gasteiger charge is -2.19. The fourth-order valence-electron chi connectivity index (χ4n) is 2.02. The minimum absolute atomic E-state index is 0. The van der Waals surface area contributed by atoms with Crippen LogP contribution in [0.25, 0.3) is 0 Å². The zero-order valence-corrected chi connectivity index (χ0v) is 21.3. The summed E-state index contributed by atoms with van der Waals surface area (Å²) in [5.74, 6) is 0.752. The Morgan fingerprint density at radius 3 is 2.32 bits per heavy atom. The molecule has 1 aromatic rings. The predicted molar refractivity (Wildman–Crippen MR) is 128 cm³/mol. The number of hydrogen-bond donors (Lipinski definition) is 3. The second-order valence-corrected chi connectivity index (χ2v) is 9.22. The average Bonchev–Trinajstić information content (AvgIpc) is 2.99. The lowest BCUT2D eigenvalue weighted by molar-refractivity contribution is 0.0527. The van der Waals surface area contributed by atoms with Crippen molar-refractivity contribution in [1.82, 2.24) is 20.9 Å². The van der Waals surface area contributed by atoms with Crippen molar-refractivity contribution in [2.75, 3.05) is 19.6 Å². The van der Waals surface area contributed by atoms with Crippen molar-refractivity contribution in [3.63, 3.8) is 0 Å². The quantitative estimate of drug-likeness (QED) is 0.217. The molecule has 9 heteroatoms. The minimum Gasteiger partial charge on any atom is -0.444 e. The van der Waals surface area contributed by atoms with Crippen LogP contribution < -0.4 is 16.0 Å². The van der Waals surface area contributed by atoms with Crippen LogP contribution in [0.3, 0.4) is 0 Å². The van der Waals surface area contributed by atoms with Gasteiger partial charge in [-0.05, 0) is 34.1 Å². The number of nitrogens with zero attached hydrogens (tertiary/aromatic N) is 2. The van der Waals surface area contributed by atoms with Crippen molar-refractivity contribution >= 4 is 47.4 Å². The van der Waals surface area contributed by atoms with E-state index in [-0.39, 0.29) is 35.5 Å². The Balaban J connectivity index is 0.00000729. The van der Waals surface area contributed by atoms with Crippen molar-refractivity contribution < 1.29 is 9.53 Å². The molecule has 0 bridgehead atoms. The zero-order chi connectivity index (χ0) is 20.5. The molecule has 0 radical (unpaired) electrons. The first-order chi connectivity index (χ1) is 12.5. The van der Waals surface area contributed by atoms with E-state index in [0.29, 0.717) is 19.6 Å². The number of hydrogen-bond acceptors (Lipinski definition) is 5. The van der Waals surface area contributed by atoms with E-state index < -0.39 is 5.60 Å². The van der Waals surface area contributed by atoms with Crippen LogP contribution in [0.5, 0.6) is 0 Å². The molecule has 0 aliphatic carbocycles. The number of halogens is 1. The summed E-state index contributed by atoms with van der Waals surface area (Å²) in [4.78, 5) is 20.9. The van der Waals surface area contributed by atoms with Crippen molar-refractivity contribution in [2.45, 2.75) is 72.4 Å². The normalized spacial score (nSPS) is 12.2. The molecule has 162 valence electrons. The van der Waals surface area contributed by atoms with Gasteiger partial charge in [0.2, 0.25) is 0 Å². The van der Waals surface area contributed by atoms with Crippen molar-refractivity contribution in [3.8, 4) is 0 Å². The first-order valence-corrected chi connectivity index (χ1v) is 10.3. The van der Waals surface area contributed by atoms with E-state index in [1.54, 1.807) is 11.3 Å². The molecule has 1 heterocycles. The number of ether oxygens (including phenoxy) is 1. The maximum Gasteiger partial charge on any atom is 0.407 e. The lowest BCUT2D eigenvalue weighted by atomic mass is 9.93. The molecular formula is C19H36IN5O2S. The van der Waals surface area contributed by atoms with Crippen molar-refractivity contribution in [1.29, 1.82) is 0 Å². The molecule has 7 nitrogen and oxygen atoms in total. The molecule has 0 unspecified atom stereocenters. The summed E-state index contributed by atoms with van der Waals surface area (Å²) in [5, 5.41) is 12.4. The molecule has 0 saturated carbocycles. The fourth-order valence-corrected chi connectivity index (χ4v) is 2.96. The van der Waals surface area contributed by atoms with E-state index in [1.807, 2.05) is 27.7 Å². The monoisotopic (exact) mass is 525 g/mol. The minimum atomic E-state index is -0.476. The van der Waals surface area contributed by atoms with Crippen LogP contribution in [0.15, 0.2) is 10.4 Å². The van der Waals surface area contributed by atoms with Crippen molar-refractivity contribution in [3.05, 3.63) is 16.1 Å². The second kappa shape index (κ2) is 12.5. The molecule has 0 spiro atoms. The van der Waals surface area contributed by atoms with E-state index in [9.17, 15) is 4.79 Å². The summed E-state index contributed by atoms with van der Waals surface area (Å²) >= 11 is 1.64. The second-order valence-electron chi connectivity index (χ2n) is 8.28. The maximum absolute atomic E-state index is 11.6. The van der Waals surface area contributed by atoms with Gasteiger partial charge in [0.25, 0.3) is 0 Å². The highest BCUT2D eigenvalue weighted by Gasteiger charge is 2.17. The third kappa shape index (κ3) is 11.7. The molecule has 1 aromatic heterocycles. The highest BCUT2D eigenvalue weighted by molar-refractivity contribution is 14.0. The van der Waals surface area contributed by atoms with Crippen LogP contribution in [0.1, 0.15) is 65.6 Å². The Morgan fingerprint density at radius 1 is 1.14 bits per heavy atom. The van der Waals surface area contributed by atoms with Gasteiger partial charge in [-0.15, -0.1) is 35.3 Å². The Kier molecular flexibility index (Phi) is 12.0. The molecule has 1 rings (SSSR count). The molecule has 0 aliphatic heterocycles. The topological polar surface area (TPSA) is 87.6 Å². The highest BCUT2D eigenvalue weighted by atomic mass is 127. The van der Waals surface area contributed by atoms with Gasteiger partial charge in [-0.3, -0.25) is 0 Å². The van der Waals surface area contributed by atoms with Gasteiger partial charge in [-0.25, -0.2) is 14.8 Å². The highest BCUT2D eigenvalue weighted by Crippen LogP contribution is 2.24. The number of nitrogens with one attached hydrogen (secondary N) is 3. The molecular weight excluding hydrogens is 489 g/mol. The van der Waals surface area contributed by atoms with Crippen LogP contribution in [0, 0.1) is 0 Å². The number of alkyl carbamates (subject to hydrolysis) is 1. The first kappa shape index (κ1) is 26.9. The largest absolute Gasteiger partial charge is 0.444 e. The average molecular weight is 526 g/mol. The van der Waals surface area contributed by atoms with E-state index in [2.05, 4.69) is 52.1 Å². The number of amides is 1. The number of aromatic nitrogens is 1. The van der Waals surface area contributed by atoms with Crippen LogP contribution in [0.2, 0.25) is 0 Å². The third-order valence-corrected chi connectivity index (χ3v) is 4.18. The van der Waals surface area contributed by atoms with Gasteiger partial charge in [0.1, 0.15) is 10.6 Å². The summed E-state index contributed by atoms with van der Waals surface area (Å²) in [6, 6.07) is 0. The zero-order valence-electron chi connectivity index (χ0n) is 18.1. The molecule has 0 atom stereocenters. The molecule has 1 amide bonds. The summed E-state index contributed by atoms with van der Waals surface area (Å²) in [6.07, 6.45) is 0.385. The van der Waals surface area contributed by atoms with E-state index in [4.69, 9.17) is 4.74 Å². The molecule has 0 aliphatic rings. The number of thiazole rings is 1. The SMILES string of the molecule is CCNC(=NCc1nc(C(C)(C)C)cs1)NCCCNC(=O)OC(C)(C)C.I. The summed E-state index contributed by atoms with van der Waals surface area (Å²) in [6.45, 7) is 16.6. The summed E-state index contributed by atoms with van der Waals surface area (Å²) in [7, 11) is 0. The Labute approximate surface area is 190 Å². The van der Waals surface area contributed by atoms with Crippen LogP contribution in [-0.4, -0.2) is 42.3 Å². The Morgan fingerprint density at radius 2 is 1.79 bits per heavy atom. The lowest BCUT2D eigenvalue weighted by Crippen LogP contribution is -2.39. The number of carbonyl (C=O) groups is 1. The standard InChI is InChI=1S/C19H35N5O2S.HI/c1-8-20-16(21-10-9-11-22-17(25)26-19(5,6)7)23-12-15-24-14(13-27-15)18(2,3)4;/h13H,8-12H2,1-7H3,(H,22,25)(H2,20,21,23);1H. The number of carbonyl (C=O) groups excluding carboxylic acids is 1. The van der Waals surface area contributed by atoms with Crippen LogP contribution >= 0.6 is 35.3 Å². The molecule has 0 saturated heterocycles. The first-order valence-electron chi connectivity index (χ1n) is 9.45. The molecule has 0 aromatic carbocycles. The fraction of sp³-hybridized carbons (Fsp3) is 0.737. The van der Waals surface area contributed by atoms with Crippen molar-refractivity contribution in [2.24, 2.45) is 4.99 Å². The summed E-state index contributed by atoms with van der Waals surface area (Å²) in [5.41, 5.74) is 0.682. The molecule has 28 heavy (non-hydrogen) atoms. The van der Waals surface area contributed by atoms with Gasteiger partial charge in [-0.1, -0.05) is 20.8 Å². The maximum atomic E-state index is 11.6. The smallest absolute Gasteiger partial charge is 0.407 e. The van der Waals surface area contributed by atoms with Gasteiger partial charge in [0.15, 0.2) is 5.96 Å². The van der Waals surface area contributed by atoms with Crippen LogP contribution in [0.4, 0.5) is 4.79 Å². The summed E-state index contributed by atoms with van der Waals surface area (Å²) < 4.78 is 5.20. The van der Waals surface area contributed by atoms with Gasteiger partial charge in [0.05, 0.1) is 12.2 Å².